The van der Waals surface area contributed by atoms with E-state index in [0.717, 1.165) is 25.7 Å². The van der Waals surface area contributed by atoms with Crippen LogP contribution < -0.4 is 5.32 Å². The van der Waals surface area contributed by atoms with E-state index in [4.69, 9.17) is 9.47 Å². The van der Waals surface area contributed by atoms with Crippen LogP contribution in [0.15, 0.2) is 0 Å². The fourth-order valence-electron chi connectivity index (χ4n) is 3.83. The van der Waals surface area contributed by atoms with Crippen molar-refractivity contribution in [2.24, 2.45) is 11.8 Å². The van der Waals surface area contributed by atoms with Crippen LogP contribution in [0.5, 0.6) is 0 Å². The summed E-state index contributed by atoms with van der Waals surface area (Å²) in [5, 5.41) is 3.55. The zero-order chi connectivity index (χ0) is 13.0. The lowest BCUT2D eigenvalue weighted by Gasteiger charge is -2.46. The van der Waals surface area contributed by atoms with E-state index in [1.165, 1.54) is 32.1 Å². The van der Waals surface area contributed by atoms with Gasteiger partial charge >= 0.3 is 0 Å². The number of hydrogen-bond donors (Lipinski definition) is 1. The molecule has 0 bridgehead atoms. The van der Waals surface area contributed by atoms with Crippen molar-refractivity contribution < 1.29 is 9.47 Å². The molecule has 18 heavy (non-hydrogen) atoms. The van der Waals surface area contributed by atoms with Gasteiger partial charge in [-0.15, -0.1) is 0 Å². The van der Waals surface area contributed by atoms with Crippen molar-refractivity contribution >= 4 is 0 Å². The summed E-state index contributed by atoms with van der Waals surface area (Å²) in [5.74, 6) is 1.48. The third-order valence-electron chi connectivity index (χ3n) is 4.87. The van der Waals surface area contributed by atoms with Gasteiger partial charge in [-0.3, -0.25) is 0 Å². The summed E-state index contributed by atoms with van der Waals surface area (Å²) in [7, 11) is 2.09. The minimum atomic E-state index is 0.0500. The highest BCUT2D eigenvalue weighted by atomic mass is 16.5. The highest BCUT2D eigenvalue weighted by molar-refractivity contribution is 5.00. The van der Waals surface area contributed by atoms with Crippen molar-refractivity contribution in [3.05, 3.63) is 0 Å². The molecule has 1 aliphatic carbocycles. The summed E-state index contributed by atoms with van der Waals surface area (Å²) >= 11 is 0. The minimum Gasteiger partial charge on any atom is -0.381 e. The molecule has 2 unspecified atom stereocenters. The number of rotatable bonds is 5. The van der Waals surface area contributed by atoms with Crippen LogP contribution in [0, 0.1) is 11.8 Å². The van der Waals surface area contributed by atoms with E-state index in [1.54, 1.807) is 0 Å². The topological polar surface area (TPSA) is 30.5 Å². The quantitative estimate of drug-likeness (QED) is 0.819. The number of ether oxygens (including phenoxy) is 2. The van der Waals surface area contributed by atoms with Gasteiger partial charge in [0, 0.05) is 25.2 Å². The van der Waals surface area contributed by atoms with Crippen LogP contribution in [0.4, 0.5) is 0 Å². The summed E-state index contributed by atoms with van der Waals surface area (Å²) in [6.07, 6.45) is 6.17. The molecule has 106 valence electrons. The molecule has 1 N–H and O–H groups in total. The zero-order valence-corrected chi connectivity index (χ0v) is 12.2. The predicted octanol–water partition coefficient (Wildman–Crippen LogP) is 2.60. The van der Waals surface area contributed by atoms with Crippen LogP contribution in [0.3, 0.4) is 0 Å². The third-order valence-corrected chi connectivity index (χ3v) is 4.87. The van der Waals surface area contributed by atoms with Crippen LogP contribution in [-0.2, 0) is 9.47 Å². The maximum atomic E-state index is 6.27. The fourth-order valence-corrected chi connectivity index (χ4v) is 3.83. The third kappa shape index (κ3) is 2.89. The van der Waals surface area contributed by atoms with Gasteiger partial charge < -0.3 is 14.8 Å². The maximum Gasteiger partial charge on any atom is 0.0838 e. The fraction of sp³-hybridized carbons (Fsp3) is 1.00. The molecule has 0 spiro atoms. The van der Waals surface area contributed by atoms with E-state index < -0.39 is 0 Å². The Morgan fingerprint density at radius 3 is 2.56 bits per heavy atom. The Labute approximate surface area is 112 Å². The first-order valence-corrected chi connectivity index (χ1v) is 7.61. The second-order valence-electron chi connectivity index (χ2n) is 6.07. The Morgan fingerprint density at radius 2 is 2.06 bits per heavy atom. The number of nitrogens with one attached hydrogen (secondary N) is 1. The smallest absolute Gasteiger partial charge is 0.0838 e. The van der Waals surface area contributed by atoms with E-state index in [-0.39, 0.29) is 5.60 Å². The molecule has 1 heterocycles. The van der Waals surface area contributed by atoms with E-state index >= 15 is 0 Å². The van der Waals surface area contributed by atoms with Crippen molar-refractivity contribution in [1.82, 2.24) is 5.32 Å². The van der Waals surface area contributed by atoms with Crippen molar-refractivity contribution in [3.8, 4) is 0 Å². The largest absolute Gasteiger partial charge is 0.381 e. The van der Waals surface area contributed by atoms with Crippen molar-refractivity contribution in [2.75, 3.05) is 26.9 Å². The average Bonchev–Trinajstić information content (AvgIpc) is 2.88. The molecule has 0 radical (unpaired) electrons. The van der Waals surface area contributed by atoms with Crippen LogP contribution >= 0.6 is 0 Å². The highest BCUT2D eigenvalue weighted by Gasteiger charge is 2.45. The molecule has 2 aliphatic rings. The number of hydrogen-bond acceptors (Lipinski definition) is 3. The summed E-state index contributed by atoms with van der Waals surface area (Å²) in [4.78, 5) is 0. The molecule has 2 atom stereocenters. The van der Waals surface area contributed by atoms with E-state index in [2.05, 4.69) is 26.2 Å². The lowest BCUT2D eigenvalue weighted by atomic mass is 9.71. The lowest BCUT2D eigenvalue weighted by Crippen LogP contribution is -2.57. The van der Waals surface area contributed by atoms with E-state index in [1.807, 2.05) is 0 Å². The Hall–Kier alpha value is -0.120. The molecule has 0 aromatic carbocycles. The number of likely N-dealkylation sites (N-methyl/N-ethyl adjacent to an activating group) is 1. The average molecular weight is 255 g/mol. The molecular formula is C15H29NO2. The monoisotopic (exact) mass is 255 g/mol. The predicted molar refractivity (Wildman–Crippen MR) is 73.8 cm³/mol. The summed E-state index contributed by atoms with van der Waals surface area (Å²) in [6.45, 7) is 7.12. The van der Waals surface area contributed by atoms with Gasteiger partial charge in [-0.1, -0.05) is 6.92 Å². The second-order valence-corrected chi connectivity index (χ2v) is 6.07. The Kier molecular flexibility index (Phi) is 5.05. The normalized spacial score (nSPS) is 38.8. The maximum absolute atomic E-state index is 6.27. The molecule has 2 rings (SSSR count). The van der Waals surface area contributed by atoms with Crippen LogP contribution in [0.2, 0.25) is 0 Å². The van der Waals surface area contributed by atoms with Gasteiger partial charge in [0.15, 0.2) is 0 Å². The molecule has 0 aromatic heterocycles. The van der Waals surface area contributed by atoms with Gasteiger partial charge in [0.25, 0.3) is 0 Å². The molecule has 1 aliphatic heterocycles. The molecule has 2 fully saturated rings. The first-order valence-electron chi connectivity index (χ1n) is 7.61. The van der Waals surface area contributed by atoms with Gasteiger partial charge in [0.05, 0.1) is 12.2 Å². The summed E-state index contributed by atoms with van der Waals surface area (Å²) < 4.78 is 11.8. The van der Waals surface area contributed by atoms with E-state index in [9.17, 15) is 0 Å². The Morgan fingerprint density at radius 1 is 1.33 bits per heavy atom. The summed E-state index contributed by atoms with van der Waals surface area (Å²) in [5.41, 5.74) is 0.0500. The first kappa shape index (κ1) is 14.3. The van der Waals surface area contributed by atoms with Gasteiger partial charge in [0.1, 0.15) is 0 Å². The lowest BCUT2D eigenvalue weighted by molar-refractivity contribution is -0.107. The molecule has 3 heteroatoms. The Bertz CT molecular complexity index is 243. The standard InChI is InChI=1S/C15H29NO2/c1-4-18-15(8-5-12(2)6-9-15)14(16-3)13-7-10-17-11-13/h12-14,16H,4-11H2,1-3H3. The second kappa shape index (κ2) is 6.36. The zero-order valence-electron chi connectivity index (χ0n) is 12.2. The molecular weight excluding hydrogens is 226 g/mol. The van der Waals surface area contributed by atoms with Gasteiger partial charge in [-0.2, -0.15) is 0 Å². The molecule has 0 aromatic rings. The van der Waals surface area contributed by atoms with E-state index in [0.29, 0.717) is 12.0 Å². The minimum absolute atomic E-state index is 0.0500. The van der Waals surface area contributed by atoms with Gasteiger partial charge in [0.2, 0.25) is 0 Å². The molecule has 3 nitrogen and oxygen atoms in total. The van der Waals surface area contributed by atoms with Crippen LogP contribution in [-0.4, -0.2) is 38.5 Å². The van der Waals surface area contributed by atoms with Gasteiger partial charge in [-0.25, -0.2) is 0 Å². The van der Waals surface area contributed by atoms with Crippen molar-refractivity contribution in [2.45, 2.75) is 57.6 Å². The molecule has 1 saturated heterocycles. The SMILES string of the molecule is CCOC1(C(NC)C2CCOC2)CCC(C)CC1. The summed E-state index contributed by atoms with van der Waals surface area (Å²) in [6, 6.07) is 0.451. The Balaban J connectivity index is 2.10. The first-order chi connectivity index (χ1) is 8.72. The molecule has 0 amide bonds. The molecule has 1 saturated carbocycles. The van der Waals surface area contributed by atoms with Crippen molar-refractivity contribution in [3.63, 3.8) is 0 Å². The van der Waals surface area contributed by atoms with Crippen LogP contribution in [0.25, 0.3) is 0 Å². The van der Waals surface area contributed by atoms with Gasteiger partial charge in [-0.05, 0) is 52.0 Å². The highest BCUT2D eigenvalue weighted by Crippen LogP contribution is 2.40. The van der Waals surface area contributed by atoms with Crippen molar-refractivity contribution in [1.29, 1.82) is 0 Å². The van der Waals surface area contributed by atoms with Crippen LogP contribution in [0.1, 0.15) is 46.0 Å².